The van der Waals surface area contributed by atoms with Crippen molar-refractivity contribution in [2.24, 2.45) is 23.5 Å². The third-order valence-corrected chi connectivity index (χ3v) is 4.76. The summed E-state index contributed by atoms with van der Waals surface area (Å²) in [6, 6.07) is 4.48. The van der Waals surface area contributed by atoms with Gasteiger partial charge in [-0.25, -0.2) is 8.78 Å². The van der Waals surface area contributed by atoms with Crippen LogP contribution in [0, 0.1) is 29.4 Å². The average Bonchev–Trinajstić information content (AvgIpc) is 2.45. The molecule has 0 saturated heterocycles. The Balaban J connectivity index is 2.09. The van der Waals surface area contributed by atoms with Crippen LogP contribution in [0.4, 0.5) is 8.78 Å². The third-order valence-electron chi connectivity index (χ3n) is 4.76. The van der Waals surface area contributed by atoms with Crippen LogP contribution in [-0.4, -0.2) is 6.54 Å². The standard InChI is InChI=1S/C17H25F2N/c1-2-4-12-7-8-14(11-20)15(9-12)10-13-5-3-6-16(18)17(13)19/h3,5-6,12,14-15H,2,4,7-11,20H2,1H3. The molecule has 112 valence electrons. The van der Waals surface area contributed by atoms with E-state index in [4.69, 9.17) is 5.73 Å². The molecule has 3 heteroatoms. The van der Waals surface area contributed by atoms with Gasteiger partial charge in [0, 0.05) is 0 Å². The molecule has 2 rings (SSSR count). The van der Waals surface area contributed by atoms with Crippen molar-refractivity contribution in [2.45, 2.75) is 45.4 Å². The molecule has 0 bridgehead atoms. The molecule has 0 aromatic heterocycles. The van der Waals surface area contributed by atoms with Crippen molar-refractivity contribution in [1.82, 2.24) is 0 Å². The van der Waals surface area contributed by atoms with E-state index in [0.717, 1.165) is 18.8 Å². The Kier molecular flexibility index (Phi) is 5.53. The predicted molar refractivity (Wildman–Crippen MR) is 78.3 cm³/mol. The van der Waals surface area contributed by atoms with Gasteiger partial charge in [0.05, 0.1) is 0 Å². The Morgan fingerprint density at radius 1 is 1.20 bits per heavy atom. The minimum Gasteiger partial charge on any atom is -0.330 e. The molecule has 3 atom stereocenters. The van der Waals surface area contributed by atoms with Crippen LogP contribution in [0.15, 0.2) is 18.2 Å². The average molecular weight is 281 g/mol. The van der Waals surface area contributed by atoms with E-state index < -0.39 is 11.6 Å². The highest BCUT2D eigenvalue weighted by Gasteiger charge is 2.30. The molecule has 0 heterocycles. The maximum absolute atomic E-state index is 13.8. The van der Waals surface area contributed by atoms with Crippen LogP contribution in [0.1, 0.15) is 44.6 Å². The molecule has 0 aliphatic heterocycles. The van der Waals surface area contributed by atoms with Gasteiger partial charge < -0.3 is 5.73 Å². The van der Waals surface area contributed by atoms with E-state index in [9.17, 15) is 8.78 Å². The molecule has 1 nitrogen and oxygen atoms in total. The lowest BCUT2D eigenvalue weighted by atomic mass is 9.70. The van der Waals surface area contributed by atoms with Gasteiger partial charge >= 0.3 is 0 Å². The molecule has 0 spiro atoms. The van der Waals surface area contributed by atoms with E-state index in [1.165, 1.54) is 25.3 Å². The predicted octanol–water partition coefficient (Wildman–Crippen LogP) is 4.30. The summed E-state index contributed by atoms with van der Waals surface area (Å²) < 4.78 is 27.1. The van der Waals surface area contributed by atoms with Crippen molar-refractivity contribution in [3.05, 3.63) is 35.4 Å². The molecule has 20 heavy (non-hydrogen) atoms. The molecule has 0 radical (unpaired) electrons. The maximum atomic E-state index is 13.8. The van der Waals surface area contributed by atoms with Gasteiger partial charge in [-0.3, -0.25) is 0 Å². The summed E-state index contributed by atoms with van der Waals surface area (Å²) in [4.78, 5) is 0. The summed E-state index contributed by atoms with van der Waals surface area (Å²) >= 11 is 0. The summed E-state index contributed by atoms with van der Waals surface area (Å²) in [7, 11) is 0. The van der Waals surface area contributed by atoms with Crippen molar-refractivity contribution in [3.8, 4) is 0 Å². The molecule has 1 saturated carbocycles. The summed E-state index contributed by atoms with van der Waals surface area (Å²) in [5.41, 5.74) is 6.37. The minimum atomic E-state index is -0.743. The molecule has 1 aromatic carbocycles. The lowest BCUT2D eigenvalue weighted by Gasteiger charge is -2.36. The molecular weight excluding hydrogens is 256 g/mol. The van der Waals surface area contributed by atoms with Gasteiger partial charge in [0.15, 0.2) is 11.6 Å². The third kappa shape index (κ3) is 3.57. The summed E-state index contributed by atoms with van der Waals surface area (Å²) in [5, 5.41) is 0. The molecule has 0 amide bonds. The van der Waals surface area contributed by atoms with Crippen molar-refractivity contribution in [3.63, 3.8) is 0 Å². The van der Waals surface area contributed by atoms with E-state index in [1.807, 2.05) is 0 Å². The molecule has 1 aliphatic rings. The zero-order chi connectivity index (χ0) is 14.5. The monoisotopic (exact) mass is 281 g/mol. The molecule has 1 aliphatic carbocycles. The van der Waals surface area contributed by atoms with E-state index in [2.05, 4.69) is 6.92 Å². The highest BCUT2D eigenvalue weighted by molar-refractivity contribution is 5.19. The maximum Gasteiger partial charge on any atom is 0.162 e. The molecule has 3 unspecified atom stereocenters. The quantitative estimate of drug-likeness (QED) is 0.855. The summed E-state index contributed by atoms with van der Waals surface area (Å²) in [6.07, 6.45) is 6.51. The van der Waals surface area contributed by atoms with Crippen molar-refractivity contribution < 1.29 is 8.78 Å². The Hall–Kier alpha value is -0.960. The van der Waals surface area contributed by atoms with E-state index in [-0.39, 0.29) is 0 Å². The Morgan fingerprint density at radius 3 is 2.70 bits per heavy atom. The fraction of sp³-hybridized carbons (Fsp3) is 0.647. The fourth-order valence-corrected chi connectivity index (χ4v) is 3.64. The highest BCUT2D eigenvalue weighted by Crippen LogP contribution is 2.37. The van der Waals surface area contributed by atoms with Crippen molar-refractivity contribution in [1.29, 1.82) is 0 Å². The van der Waals surface area contributed by atoms with Crippen molar-refractivity contribution >= 4 is 0 Å². The molecule has 2 N–H and O–H groups in total. The molecule has 1 aromatic rings. The second-order valence-corrected chi connectivity index (χ2v) is 6.14. The van der Waals surface area contributed by atoms with E-state index in [1.54, 1.807) is 12.1 Å². The topological polar surface area (TPSA) is 26.0 Å². The summed E-state index contributed by atoms with van der Waals surface area (Å²) in [5.74, 6) is 0.144. The van der Waals surface area contributed by atoms with Gasteiger partial charge in [-0.05, 0) is 55.2 Å². The van der Waals surface area contributed by atoms with E-state index in [0.29, 0.717) is 30.4 Å². The number of nitrogens with two attached hydrogens (primary N) is 1. The Morgan fingerprint density at radius 2 is 2.00 bits per heavy atom. The Bertz CT molecular complexity index is 433. The van der Waals surface area contributed by atoms with Crippen LogP contribution < -0.4 is 5.73 Å². The SMILES string of the molecule is CCCC1CCC(CN)C(Cc2cccc(F)c2F)C1. The summed E-state index contributed by atoms with van der Waals surface area (Å²) in [6.45, 7) is 2.86. The first-order valence-electron chi connectivity index (χ1n) is 7.78. The van der Waals surface area contributed by atoms with Crippen LogP contribution in [0.25, 0.3) is 0 Å². The van der Waals surface area contributed by atoms with Crippen LogP contribution in [0.2, 0.25) is 0 Å². The first kappa shape index (κ1) is 15.4. The zero-order valence-corrected chi connectivity index (χ0v) is 12.2. The van der Waals surface area contributed by atoms with Gasteiger partial charge in [0.25, 0.3) is 0 Å². The lowest BCUT2D eigenvalue weighted by molar-refractivity contribution is 0.174. The van der Waals surface area contributed by atoms with Crippen LogP contribution in [0.5, 0.6) is 0 Å². The molecular formula is C17H25F2N. The van der Waals surface area contributed by atoms with Gasteiger partial charge in [-0.2, -0.15) is 0 Å². The fourth-order valence-electron chi connectivity index (χ4n) is 3.64. The number of benzene rings is 1. The number of halogens is 2. The lowest BCUT2D eigenvalue weighted by Crippen LogP contribution is -2.32. The highest BCUT2D eigenvalue weighted by atomic mass is 19.2. The van der Waals surface area contributed by atoms with Crippen LogP contribution in [-0.2, 0) is 6.42 Å². The normalized spacial score (nSPS) is 26.7. The van der Waals surface area contributed by atoms with E-state index >= 15 is 0 Å². The smallest absolute Gasteiger partial charge is 0.162 e. The van der Waals surface area contributed by atoms with Crippen molar-refractivity contribution in [2.75, 3.05) is 6.54 Å². The number of hydrogen-bond acceptors (Lipinski definition) is 1. The number of rotatable bonds is 5. The van der Waals surface area contributed by atoms with Gasteiger partial charge in [-0.1, -0.05) is 38.3 Å². The van der Waals surface area contributed by atoms with Gasteiger partial charge in [-0.15, -0.1) is 0 Å². The van der Waals surface area contributed by atoms with Crippen LogP contribution >= 0.6 is 0 Å². The Labute approximate surface area is 120 Å². The first-order valence-corrected chi connectivity index (χ1v) is 7.78. The second kappa shape index (κ2) is 7.16. The second-order valence-electron chi connectivity index (χ2n) is 6.14. The first-order chi connectivity index (χ1) is 9.65. The largest absolute Gasteiger partial charge is 0.330 e. The zero-order valence-electron chi connectivity index (χ0n) is 12.2. The van der Waals surface area contributed by atoms with Gasteiger partial charge in [0.1, 0.15) is 0 Å². The number of hydrogen-bond donors (Lipinski definition) is 1. The minimum absolute atomic E-state index is 0.390. The molecule has 1 fully saturated rings. The van der Waals surface area contributed by atoms with Gasteiger partial charge in [0.2, 0.25) is 0 Å². The van der Waals surface area contributed by atoms with Crippen LogP contribution in [0.3, 0.4) is 0 Å².